The number of likely N-dealkylation sites (tertiary alicyclic amines) is 1. The molecule has 0 radical (unpaired) electrons. The number of halogens is 1. The lowest BCUT2D eigenvalue weighted by Crippen LogP contribution is -2.43. The lowest BCUT2D eigenvalue weighted by molar-refractivity contribution is 0.220. The van der Waals surface area contributed by atoms with E-state index in [0.717, 1.165) is 22.5 Å². The summed E-state index contributed by atoms with van der Waals surface area (Å²) >= 11 is 3.39. The SMILES string of the molecule is CCN1CCC(N(C)c2ncc(Br)cc2N)CC1. The van der Waals surface area contributed by atoms with Crippen molar-refractivity contribution < 1.29 is 0 Å². The van der Waals surface area contributed by atoms with Crippen molar-refractivity contribution in [1.29, 1.82) is 0 Å². The van der Waals surface area contributed by atoms with Crippen LogP contribution in [0.3, 0.4) is 0 Å². The number of anilines is 2. The summed E-state index contributed by atoms with van der Waals surface area (Å²) in [6, 6.07) is 2.46. The molecule has 1 aromatic rings. The van der Waals surface area contributed by atoms with Crippen molar-refractivity contribution >= 4 is 27.4 Å². The van der Waals surface area contributed by atoms with Crippen LogP contribution in [0.5, 0.6) is 0 Å². The molecule has 0 amide bonds. The summed E-state index contributed by atoms with van der Waals surface area (Å²) in [5.41, 5.74) is 6.78. The van der Waals surface area contributed by atoms with Crippen molar-refractivity contribution in [2.75, 3.05) is 37.3 Å². The van der Waals surface area contributed by atoms with Gasteiger partial charge in [0.05, 0.1) is 5.69 Å². The Morgan fingerprint density at radius 1 is 1.50 bits per heavy atom. The van der Waals surface area contributed by atoms with E-state index in [1.54, 1.807) is 0 Å². The van der Waals surface area contributed by atoms with Gasteiger partial charge in [0, 0.05) is 36.8 Å². The first-order chi connectivity index (χ1) is 8.61. The van der Waals surface area contributed by atoms with Gasteiger partial charge in [0.25, 0.3) is 0 Å². The van der Waals surface area contributed by atoms with Crippen LogP contribution in [-0.2, 0) is 0 Å². The zero-order chi connectivity index (χ0) is 13.1. The third kappa shape index (κ3) is 2.95. The fraction of sp³-hybridized carbons (Fsp3) is 0.615. The fourth-order valence-electron chi connectivity index (χ4n) is 2.54. The predicted octanol–water partition coefficient (Wildman–Crippen LogP) is 2.35. The Morgan fingerprint density at radius 2 is 2.17 bits per heavy atom. The largest absolute Gasteiger partial charge is 0.396 e. The lowest BCUT2D eigenvalue weighted by atomic mass is 10.0. The van der Waals surface area contributed by atoms with Gasteiger partial charge in [-0.2, -0.15) is 0 Å². The molecule has 18 heavy (non-hydrogen) atoms. The van der Waals surface area contributed by atoms with Crippen molar-refractivity contribution in [1.82, 2.24) is 9.88 Å². The number of piperidine rings is 1. The predicted molar refractivity (Wildman–Crippen MR) is 79.9 cm³/mol. The Labute approximate surface area is 117 Å². The molecule has 0 aliphatic carbocycles. The molecule has 2 N–H and O–H groups in total. The van der Waals surface area contributed by atoms with Crippen LogP contribution in [0.2, 0.25) is 0 Å². The van der Waals surface area contributed by atoms with Crippen molar-refractivity contribution in [3.63, 3.8) is 0 Å². The van der Waals surface area contributed by atoms with Gasteiger partial charge in [-0.15, -0.1) is 0 Å². The van der Waals surface area contributed by atoms with E-state index in [2.05, 4.69) is 44.7 Å². The molecular weight excluding hydrogens is 292 g/mol. The summed E-state index contributed by atoms with van der Waals surface area (Å²) in [5, 5.41) is 0. The van der Waals surface area contributed by atoms with E-state index < -0.39 is 0 Å². The molecular formula is C13H21BrN4. The van der Waals surface area contributed by atoms with E-state index in [1.165, 1.54) is 25.9 Å². The van der Waals surface area contributed by atoms with Gasteiger partial charge in [-0.05, 0) is 41.4 Å². The van der Waals surface area contributed by atoms with Crippen molar-refractivity contribution in [3.05, 3.63) is 16.7 Å². The number of aromatic nitrogens is 1. The molecule has 0 aromatic carbocycles. The van der Waals surface area contributed by atoms with Crippen LogP contribution in [0, 0.1) is 0 Å². The van der Waals surface area contributed by atoms with Crippen LogP contribution in [0.1, 0.15) is 19.8 Å². The highest BCUT2D eigenvalue weighted by Gasteiger charge is 2.23. The van der Waals surface area contributed by atoms with Gasteiger partial charge in [0.15, 0.2) is 5.82 Å². The zero-order valence-electron chi connectivity index (χ0n) is 11.1. The van der Waals surface area contributed by atoms with Crippen molar-refractivity contribution in [2.24, 2.45) is 0 Å². The first-order valence-electron chi connectivity index (χ1n) is 6.48. The molecule has 1 saturated heterocycles. The number of nitrogens with two attached hydrogens (primary N) is 1. The first-order valence-corrected chi connectivity index (χ1v) is 7.27. The quantitative estimate of drug-likeness (QED) is 0.930. The Balaban J connectivity index is 2.05. The average molecular weight is 313 g/mol. The van der Waals surface area contributed by atoms with E-state index in [1.807, 2.05) is 12.3 Å². The maximum Gasteiger partial charge on any atom is 0.151 e. The summed E-state index contributed by atoms with van der Waals surface area (Å²) in [6.07, 6.45) is 4.17. The van der Waals surface area contributed by atoms with Crippen LogP contribution in [0.25, 0.3) is 0 Å². The molecule has 1 aliphatic rings. The molecule has 4 nitrogen and oxygen atoms in total. The van der Waals surface area contributed by atoms with Crippen LogP contribution in [0.15, 0.2) is 16.7 Å². The van der Waals surface area contributed by atoms with E-state index in [9.17, 15) is 0 Å². The van der Waals surface area contributed by atoms with Crippen LogP contribution in [0.4, 0.5) is 11.5 Å². The van der Waals surface area contributed by atoms with E-state index in [-0.39, 0.29) is 0 Å². The molecule has 5 heteroatoms. The lowest BCUT2D eigenvalue weighted by Gasteiger charge is -2.37. The fourth-order valence-corrected chi connectivity index (χ4v) is 2.89. The second-order valence-corrected chi connectivity index (χ2v) is 5.76. The molecule has 1 aromatic heterocycles. The monoisotopic (exact) mass is 312 g/mol. The minimum Gasteiger partial charge on any atom is -0.396 e. The highest BCUT2D eigenvalue weighted by Crippen LogP contribution is 2.27. The third-order valence-corrected chi connectivity index (χ3v) is 4.18. The van der Waals surface area contributed by atoms with E-state index in [4.69, 9.17) is 5.73 Å². The van der Waals surface area contributed by atoms with Crippen LogP contribution in [-0.4, -0.2) is 42.6 Å². The summed E-state index contributed by atoms with van der Waals surface area (Å²) < 4.78 is 0.929. The maximum absolute atomic E-state index is 6.04. The van der Waals surface area contributed by atoms with Gasteiger partial charge in [-0.1, -0.05) is 6.92 Å². The number of nitrogens with zero attached hydrogens (tertiary/aromatic N) is 3. The minimum absolute atomic E-state index is 0.545. The number of hydrogen-bond donors (Lipinski definition) is 1. The molecule has 2 heterocycles. The van der Waals surface area contributed by atoms with Crippen LogP contribution >= 0.6 is 15.9 Å². The van der Waals surface area contributed by atoms with Crippen molar-refractivity contribution in [2.45, 2.75) is 25.8 Å². The normalized spacial score (nSPS) is 17.9. The highest BCUT2D eigenvalue weighted by molar-refractivity contribution is 9.10. The minimum atomic E-state index is 0.545. The molecule has 0 saturated carbocycles. The summed E-state index contributed by atoms with van der Waals surface area (Å²) in [5.74, 6) is 0.896. The molecule has 1 aliphatic heterocycles. The topological polar surface area (TPSA) is 45.4 Å². The smallest absolute Gasteiger partial charge is 0.151 e. The summed E-state index contributed by atoms with van der Waals surface area (Å²) in [6.45, 7) is 5.71. The van der Waals surface area contributed by atoms with E-state index >= 15 is 0 Å². The Hall–Kier alpha value is -0.810. The highest BCUT2D eigenvalue weighted by atomic mass is 79.9. The number of rotatable bonds is 3. The zero-order valence-corrected chi connectivity index (χ0v) is 12.7. The van der Waals surface area contributed by atoms with Gasteiger partial charge < -0.3 is 15.5 Å². The second kappa shape index (κ2) is 5.89. The molecule has 0 atom stereocenters. The van der Waals surface area contributed by atoms with Gasteiger partial charge in [-0.3, -0.25) is 0 Å². The third-order valence-electron chi connectivity index (χ3n) is 3.75. The van der Waals surface area contributed by atoms with Gasteiger partial charge in [0.1, 0.15) is 0 Å². The first kappa shape index (κ1) is 13.6. The molecule has 0 unspecified atom stereocenters. The molecule has 100 valence electrons. The number of hydrogen-bond acceptors (Lipinski definition) is 4. The van der Waals surface area contributed by atoms with Crippen molar-refractivity contribution in [3.8, 4) is 0 Å². The Bertz CT molecular complexity index is 402. The second-order valence-electron chi connectivity index (χ2n) is 4.84. The summed E-state index contributed by atoms with van der Waals surface area (Å²) in [7, 11) is 2.10. The molecule has 0 bridgehead atoms. The molecule has 0 spiro atoms. The maximum atomic E-state index is 6.04. The Morgan fingerprint density at radius 3 is 2.72 bits per heavy atom. The average Bonchev–Trinajstić information content (AvgIpc) is 2.38. The molecule has 1 fully saturated rings. The van der Waals surface area contributed by atoms with E-state index in [0.29, 0.717) is 6.04 Å². The van der Waals surface area contributed by atoms with Gasteiger partial charge in [-0.25, -0.2) is 4.98 Å². The Kier molecular flexibility index (Phi) is 4.45. The summed E-state index contributed by atoms with van der Waals surface area (Å²) in [4.78, 5) is 9.15. The standard InChI is InChI=1S/C13H21BrN4/c1-3-18-6-4-11(5-7-18)17(2)13-12(15)8-10(14)9-16-13/h8-9,11H,3-7,15H2,1-2H3. The number of nitrogen functional groups attached to an aromatic ring is 1. The molecule has 2 rings (SSSR count). The van der Waals surface area contributed by atoms with Crippen LogP contribution < -0.4 is 10.6 Å². The number of pyridine rings is 1. The van der Waals surface area contributed by atoms with Gasteiger partial charge >= 0.3 is 0 Å². The van der Waals surface area contributed by atoms with Gasteiger partial charge in [0.2, 0.25) is 0 Å².